The number of amides is 1. The molecular weight excluding hydrogens is 394 g/mol. The average molecular weight is 428 g/mol. The lowest BCUT2D eigenvalue weighted by Crippen LogP contribution is -2.44. The maximum absolute atomic E-state index is 13.0. The van der Waals surface area contributed by atoms with Crippen LogP contribution in [0.1, 0.15) is 71.0 Å². The van der Waals surface area contributed by atoms with Gasteiger partial charge in [0, 0.05) is 18.0 Å². The maximum Gasteiger partial charge on any atom is 0.268 e. The monoisotopic (exact) mass is 427 g/mol. The van der Waals surface area contributed by atoms with E-state index in [0.29, 0.717) is 17.2 Å². The van der Waals surface area contributed by atoms with Crippen LogP contribution in [0.3, 0.4) is 0 Å². The summed E-state index contributed by atoms with van der Waals surface area (Å²) in [4.78, 5) is 13.0. The van der Waals surface area contributed by atoms with E-state index in [9.17, 15) is 4.79 Å². The van der Waals surface area contributed by atoms with Crippen molar-refractivity contribution in [1.82, 2.24) is 10.3 Å². The van der Waals surface area contributed by atoms with Crippen LogP contribution in [0.4, 0.5) is 0 Å². The van der Waals surface area contributed by atoms with Crippen molar-refractivity contribution in [2.45, 2.75) is 65.5 Å². The van der Waals surface area contributed by atoms with Gasteiger partial charge in [-0.3, -0.25) is 9.80 Å². The number of carbonyl (C=O) groups is 1. The Morgan fingerprint density at radius 3 is 2.50 bits per heavy atom. The molecule has 1 N–H and O–H groups in total. The topological polar surface area (TPSA) is 44.7 Å². The van der Waals surface area contributed by atoms with Gasteiger partial charge in [-0.25, -0.2) is 0 Å². The summed E-state index contributed by atoms with van der Waals surface area (Å²) in [5.74, 6) is -0.111. The zero-order valence-electron chi connectivity index (χ0n) is 18.8. The molecule has 5 heteroatoms. The highest BCUT2D eigenvalue weighted by atomic mass is 35.5. The molecule has 0 aliphatic carbocycles. The van der Waals surface area contributed by atoms with Crippen LogP contribution in [-0.4, -0.2) is 23.2 Å². The summed E-state index contributed by atoms with van der Waals surface area (Å²) < 4.78 is 0. The molecule has 2 aromatic rings. The van der Waals surface area contributed by atoms with Gasteiger partial charge in [-0.2, -0.15) is 5.10 Å². The first-order chi connectivity index (χ1) is 14.4. The molecular formula is C25H34ClN3O. The molecule has 0 spiro atoms. The molecule has 0 saturated carbocycles. The Balaban J connectivity index is 0.00000155. The molecule has 0 bridgehead atoms. The number of benzene rings is 2. The van der Waals surface area contributed by atoms with Crippen LogP contribution in [0.5, 0.6) is 0 Å². The van der Waals surface area contributed by atoms with E-state index in [-0.39, 0.29) is 11.9 Å². The lowest BCUT2D eigenvalue weighted by molar-refractivity contribution is -0.116. The van der Waals surface area contributed by atoms with E-state index in [1.54, 1.807) is 0 Å². The summed E-state index contributed by atoms with van der Waals surface area (Å²) >= 11 is 6.19. The number of unbranched alkanes of at least 4 members (excludes halogenated alkanes) is 1. The summed E-state index contributed by atoms with van der Waals surface area (Å²) in [6.07, 6.45) is 2.70. The number of nitrogens with zero attached hydrogens (tertiary/aromatic N) is 2. The van der Waals surface area contributed by atoms with E-state index >= 15 is 0 Å². The molecule has 0 aromatic heterocycles. The van der Waals surface area contributed by atoms with Gasteiger partial charge in [0.2, 0.25) is 0 Å². The Morgan fingerprint density at radius 1 is 1.17 bits per heavy atom. The summed E-state index contributed by atoms with van der Waals surface area (Å²) in [6.45, 7) is 11.0. The zero-order chi connectivity index (χ0) is 22.1. The Hall–Kier alpha value is -2.33. The number of hydrogen-bond acceptors (Lipinski definition) is 3. The molecule has 0 saturated heterocycles. The number of nitrogens with one attached hydrogen (secondary N) is 1. The molecule has 1 atom stereocenters. The SMILES string of the molecule is CC.CCCCN1N=C(C(=O)NC(C)(C)c2ccccc2)CC1c1cccc(Cl)c1. The second-order valence-electron chi connectivity index (χ2n) is 7.78. The third kappa shape index (κ3) is 6.09. The largest absolute Gasteiger partial charge is 0.342 e. The maximum atomic E-state index is 13.0. The van der Waals surface area contributed by atoms with E-state index in [1.165, 1.54) is 0 Å². The molecule has 2 aromatic carbocycles. The van der Waals surface area contributed by atoms with E-state index in [2.05, 4.69) is 23.4 Å². The molecule has 3 rings (SSSR count). The minimum Gasteiger partial charge on any atom is -0.342 e. The van der Waals surface area contributed by atoms with Crippen LogP contribution in [0.2, 0.25) is 5.02 Å². The standard InChI is InChI=1S/C23H28ClN3O.C2H6/c1-4-5-14-27-21(17-10-9-13-19(24)15-17)16-20(26-27)22(28)25-23(2,3)18-11-7-6-8-12-18;1-2/h6-13,15,21H,4-5,14,16H2,1-3H3,(H,25,28);1-2H3. The van der Waals surface area contributed by atoms with E-state index in [4.69, 9.17) is 11.6 Å². The molecule has 30 heavy (non-hydrogen) atoms. The predicted molar refractivity (Wildman–Crippen MR) is 127 cm³/mol. The number of hydrogen-bond donors (Lipinski definition) is 1. The van der Waals surface area contributed by atoms with Gasteiger partial charge < -0.3 is 5.32 Å². The van der Waals surface area contributed by atoms with Crippen molar-refractivity contribution in [1.29, 1.82) is 0 Å². The van der Waals surface area contributed by atoms with Crippen LogP contribution in [0.25, 0.3) is 0 Å². The Bertz CT molecular complexity index is 848. The first-order valence-electron chi connectivity index (χ1n) is 10.9. The van der Waals surface area contributed by atoms with Crippen molar-refractivity contribution < 1.29 is 4.79 Å². The normalized spacial score (nSPS) is 15.9. The average Bonchev–Trinajstić information content (AvgIpc) is 3.18. The highest BCUT2D eigenvalue weighted by molar-refractivity contribution is 6.39. The second-order valence-corrected chi connectivity index (χ2v) is 8.22. The van der Waals surface area contributed by atoms with Crippen molar-refractivity contribution in [2.24, 2.45) is 5.10 Å². The van der Waals surface area contributed by atoms with Gasteiger partial charge >= 0.3 is 0 Å². The quantitative estimate of drug-likeness (QED) is 0.561. The molecule has 4 nitrogen and oxygen atoms in total. The van der Waals surface area contributed by atoms with E-state index in [1.807, 2.05) is 81.2 Å². The summed E-state index contributed by atoms with van der Waals surface area (Å²) in [7, 11) is 0. The molecule has 0 fully saturated rings. The smallest absolute Gasteiger partial charge is 0.268 e. The molecule has 1 aliphatic heterocycles. The van der Waals surface area contributed by atoms with Gasteiger partial charge in [0.05, 0.1) is 11.6 Å². The Labute approximate surface area is 186 Å². The third-order valence-corrected chi connectivity index (χ3v) is 5.39. The molecule has 1 heterocycles. The second kappa shape index (κ2) is 11.2. The van der Waals surface area contributed by atoms with E-state index < -0.39 is 5.54 Å². The molecule has 1 amide bonds. The highest BCUT2D eigenvalue weighted by Gasteiger charge is 2.33. The van der Waals surface area contributed by atoms with Gasteiger partial charge in [-0.05, 0) is 43.5 Å². The summed E-state index contributed by atoms with van der Waals surface area (Å²) in [6, 6.07) is 17.9. The zero-order valence-corrected chi connectivity index (χ0v) is 19.5. The van der Waals surface area contributed by atoms with Gasteiger partial charge in [0.1, 0.15) is 5.71 Å². The van der Waals surface area contributed by atoms with Gasteiger partial charge in [0.25, 0.3) is 5.91 Å². The third-order valence-electron chi connectivity index (χ3n) is 5.15. The molecule has 162 valence electrons. The first-order valence-corrected chi connectivity index (χ1v) is 11.3. The number of rotatable bonds is 7. The molecule has 1 unspecified atom stereocenters. The molecule has 0 radical (unpaired) electrons. The van der Waals surface area contributed by atoms with Crippen molar-refractivity contribution in [2.75, 3.05) is 6.54 Å². The minimum absolute atomic E-state index is 0.0471. The lowest BCUT2D eigenvalue weighted by atomic mass is 9.93. The van der Waals surface area contributed by atoms with Crippen molar-refractivity contribution in [3.8, 4) is 0 Å². The lowest BCUT2D eigenvalue weighted by Gasteiger charge is -2.26. The van der Waals surface area contributed by atoms with Crippen LogP contribution in [0.15, 0.2) is 59.7 Å². The van der Waals surface area contributed by atoms with Crippen molar-refractivity contribution >= 4 is 23.2 Å². The number of hydrazone groups is 1. The van der Waals surface area contributed by atoms with Crippen LogP contribution >= 0.6 is 11.6 Å². The van der Waals surface area contributed by atoms with Crippen LogP contribution < -0.4 is 5.32 Å². The first kappa shape index (κ1) is 23.9. The Kier molecular flexibility index (Phi) is 8.91. The summed E-state index contributed by atoms with van der Waals surface area (Å²) in [5.41, 5.74) is 2.27. The molecule has 1 aliphatic rings. The number of halogens is 1. The van der Waals surface area contributed by atoms with E-state index in [0.717, 1.165) is 30.5 Å². The van der Waals surface area contributed by atoms with Crippen LogP contribution in [-0.2, 0) is 10.3 Å². The highest BCUT2D eigenvalue weighted by Crippen LogP contribution is 2.32. The van der Waals surface area contributed by atoms with Crippen LogP contribution in [0, 0.1) is 0 Å². The van der Waals surface area contributed by atoms with Gasteiger partial charge in [-0.15, -0.1) is 0 Å². The fourth-order valence-electron chi connectivity index (χ4n) is 3.50. The fraction of sp³-hybridized carbons (Fsp3) is 0.440. The number of carbonyl (C=O) groups excluding carboxylic acids is 1. The Morgan fingerprint density at radius 2 is 1.87 bits per heavy atom. The predicted octanol–water partition coefficient (Wildman–Crippen LogP) is 6.32. The van der Waals surface area contributed by atoms with Crippen molar-refractivity contribution in [3.05, 3.63) is 70.7 Å². The fourth-order valence-corrected chi connectivity index (χ4v) is 3.70. The van der Waals surface area contributed by atoms with Gasteiger partial charge in [0.15, 0.2) is 0 Å². The van der Waals surface area contributed by atoms with Gasteiger partial charge in [-0.1, -0.05) is 81.3 Å². The summed E-state index contributed by atoms with van der Waals surface area (Å²) in [5, 5.41) is 10.6. The van der Waals surface area contributed by atoms with Crippen molar-refractivity contribution in [3.63, 3.8) is 0 Å². The minimum atomic E-state index is -0.469.